The second-order valence-corrected chi connectivity index (χ2v) is 20.7. The van der Waals surface area contributed by atoms with Crippen molar-refractivity contribution >= 4 is 43.6 Å². The Kier molecular flexibility index (Phi) is 8.29. The SMILES string of the molecule is CC1CC2CC(C1)CC(C)(c1nc(-c3ccc(-n4c5ccccc5c5ccc6c(c7ccccc7n6-c6ccccc6)c54)cc3)nc(C34CC(C)CC(CC(C)C3)C4)n1)C2. The summed E-state index contributed by atoms with van der Waals surface area (Å²) in [5, 5.41) is 5.08. The van der Waals surface area contributed by atoms with Crippen LogP contribution in [0.25, 0.3) is 66.4 Å². The van der Waals surface area contributed by atoms with Crippen molar-refractivity contribution in [2.45, 2.75) is 103 Å². The fourth-order valence-electron chi connectivity index (χ4n) is 14.2. The van der Waals surface area contributed by atoms with Crippen molar-refractivity contribution in [3.05, 3.63) is 127 Å². The van der Waals surface area contributed by atoms with E-state index in [0.29, 0.717) is 11.8 Å². The van der Waals surface area contributed by atoms with Gasteiger partial charge in [0.15, 0.2) is 5.82 Å². The summed E-state index contributed by atoms with van der Waals surface area (Å²) in [5.74, 6) is 7.57. The molecule has 4 unspecified atom stereocenters. The minimum atomic E-state index is -0.0238. The summed E-state index contributed by atoms with van der Waals surface area (Å²) in [6.07, 6.45) is 12.8. The van der Waals surface area contributed by atoms with Crippen LogP contribution in [0.2, 0.25) is 0 Å². The Hall–Kier alpha value is -5.29. The molecule has 4 atom stereocenters. The third-order valence-corrected chi connectivity index (χ3v) is 15.8. The van der Waals surface area contributed by atoms with Crippen LogP contribution in [0.4, 0.5) is 0 Å². The summed E-state index contributed by atoms with van der Waals surface area (Å²) in [4.78, 5) is 16.8. The van der Waals surface area contributed by atoms with Crippen molar-refractivity contribution in [2.24, 2.45) is 35.5 Å². The minimum Gasteiger partial charge on any atom is -0.309 e. The molecule has 3 heterocycles. The average Bonchev–Trinajstić information content (AvgIpc) is 3.76. The first-order chi connectivity index (χ1) is 29.2. The van der Waals surface area contributed by atoms with Crippen molar-refractivity contribution < 1.29 is 0 Å². The number of fused-ring (bicyclic) bond motifs is 11. The number of hydrogen-bond donors (Lipinski definition) is 0. The smallest absolute Gasteiger partial charge is 0.163 e. The molecule has 4 aliphatic carbocycles. The van der Waals surface area contributed by atoms with Gasteiger partial charge in [-0.25, -0.2) is 15.0 Å². The molecule has 0 aliphatic heterocycles. The monoisotopic (exact) mass is 787 g/mol. The van der Waals surface area contributed by atoms with Gasteiger partial charge in [-0.05, 0) is 154 Å². The molecule has 0 spiro atoms. The molecule has 0 radical (unpaired) electrons. The maximum atomic E-state index is 5.68. The van der Waals surface area contributed by atoms with E-state index in [1.807, 2.05) is 0 Å². The molecule has 4 bridgehead atoms. The third-order valence-electron chi connectivity index (χ3n) is 15.8. The van der Waals surface area contributed by atoms with Gasteiger partial charge in [0.1, 0.15) is 11.6 Å². The number of aromatic nitrogens is 5. The Labute approximate surface area is 354 Å². The van der Waals surface area contributed by atoms with E-state index < -0.39 is 0 Å². The standard InChI is InChI=1S/C55H57N5/c1-34-24-38-28-39(25-34)32-54(4,31-38)52-56-51(57-53(58-52)55-29-35(2)26-37(33-55)27-36(3)30-55)40-18-20-42(21-19-40)60-46-16-10-8-14-43(46)44-22-23-48-49(50(44)60)45-15-9-11-17-47(45)59(48)41-12-6-5-7-13-41/h5-23,34-39H,24-33H2,1-4H3. The van der Waals surface area contributed by atoms with Crippen LogP contribution in [-0.4, -0.2) is 24.1 Å². The zero-order valence-corrected chi connectivity index (χ0v) is 35.7. The van der Waals surface area contributed by atoms with Crippen LogP contribution in [-0.2, 0) is 10.8 Å². The van der Waals surface area contributed by atoms with Crippen LogP contribution < -0.4 is 0 Å². The average molecular weight is 788 g/mol. The summed E-state index contributed by atoms with van der Waals surface area (Å²) in [6, 6.07) is 42.4. The van der Waals surface area contributed by atoms with Gasteiger partial charge in [-0.1, -0.05) is 88.4 Å². The van der Waals surface area contributed by atoms with Crippen LogP contribution in [0.15, 0.2) is 115 Å². The van der Waals surface area contributed by atoms with Crippen LogP contribution in [0.5, 0.6) is 0 Å². The van der Waals surface area contributed by atoms with Crippen molar-refractivity contribution in [1.29, 1.82) is 0 Å². The predicted octanol–water partition coefficient (Wildman–Crippen LogP) is 13.9. The molecule has 0 saturated heterocycles. The first-order valence-corrected chi connectivity index (χ1v) is 23.1. The maximum Gasteiger partial charge on any atom is 0.163 e. The molecular weight excluding hydrogens is 731 g/mol. The lowest BCUT2D eigenvalue weighted by Crippen LogP contribution is -2.45. The topological polar surface area (TPSA) is 48.5 Å². The van der Waals surface area contributed by atoms with Gasteiger partial charge in [0.25, 0.3) is 0 Å². The molecule has 60 heavy (non-hydrogen) atoms. The number of rotatable bonds is 5. The predicted molar refractivity (Wildman–Crippen MR) is 247 cm³/mol. The summed E-state index contributed by atoms with van der Waals surface area (Å²) in [5.41, 5.74) is 8.31. The van der Waals surface area contributed by atoms with Gasteiger partial charge in [-0.15, -0.1) is 0 Å². The third kappa shape index (κ3) is 5.74. The molecular formula is C55H57N5. The normalized spacial score (nSPS) is 29.1. The Balaban J connectivity index is 1.03. The van der Waals surface area contributed by atoms with Crippen LogP contribution in [0.3, 0.4) is 0 Å². The van der Waals surface area contributed by atoms with Crippen LogP contribution in [0.1, 0.15) is 104 Å². The highest BCUT2D eigenvalue weighted by Gasteiger charge is 2.49. The zero-order chi connectivity index (χ0) is 40.3. The van der Waals surface area contributed by atoms with Crippen LogP contribution >= 0.6 is 0 Å². The first-order valence-electron chi connectivity index (χ1n) is 23.1. The van der Waals surface area contributed by atoms with E-state index in [1.54, 1.807) is 0 Å². The largest absolute Gasteiger partial charge is 0.309 e. The van der Waals surface area contributed by atoms with Gasteiger partial charge >= 0.3 is 0 Å². The van der Waals surface area contributed by atoms with Gasteiger partial charge in [0, 0.05) is 49.3 Å². The molecule has 5 nitrogen and oxygen atoms in total. The van der Waals surface area contributed by atoms with Gasteiger partial charge in [-0.3, -0.25) is 0 Å². The summed E-state index contributed by atoms with van der Waals surface area (Å²) < 4.78 is 4.92. The summed E-state index contributed by atoms with van der Waals surface area (Å²) in [6.45, 7) is 9.93. The second-order valence-electron chi connectivity index (χ2n) is 20.7. The Bertz CT molecular complexity index is 2900. The molecule has 4 aliphatic rings. The second kappa shape index (κ2) is 13.6. The lowest BCUT2D eigenvalue weighted by molar-refractivity contribution is 0.0689. The van der Waals surface area contributed by atoms with Gasteiger partial charge < -0.3 is 9.13 Å². The van der Waals surface area contributed by atoms with Crippen molar-refractivity contribution in [3.63, 3.8) is 0 Å². The minimum absolute atomic E-state index is 0.0238. The Morgan fingerprint density at radius 2 is 1.05 bits per heavy atom. The molecule has 302 valence electrons. The molecule has 0 amide bonds. The van der Waals surface area contributed by atoms with Crippen LogP contribution in [0, 0.1) is 35.5 Å². The van der Waals surface area contributed by atoms with E-state index in [1.165, 1.54) is 114 Å². The molecule has 4 saturated carbocycles. The van der Waals surface area contributed by atoms with Crippen molar-refractivity contribution in [1.82, 2.24) is 24.1 Å². The number of benzene rings is 5. The quantitative estimate of drug-likeness (QED) is 0.175. The number of para-hydroxylation sites is 3. The van der Waals surface area contributed by atoms with Crippen molar-refractivity contribution in [2.75, 3.05) is 0 Å². The molecule has 4 fully saturated rings. The molecule has 5 aromatic carbocycles. The fourth-order valence-corrected chi connectivity index (χ4v) is 14.2. The van der Waals surface area contributed by atoms with Gasteiger partial charge in [-0.2, -0.15) is 0 Å². The Morgan fingerprint density at radius 3 is 1.77 bits per heavy atom. The lowest BCUT2D eigenvalue weighted by atomic mass is 9.56. The summed E-state index contributed by atoms with van der Waals surface area (Å²) >= 11 is 0. The van der Waals surface area contributed by atoms with E-state index in [2.05, 4.69) is 152 Å². The van der Waals surface area contributed by atoms with Gasteiger partial charge in [0.2, 0.25) is 0 Å². The highest BCUT2D eigenvalue weighted by atomic mass is 15.1. The molecule has 8 aromatic rings. The van der Waals surface area contributed by atoms with E-state index in [4.69, 9.17) is 15.0 Å². The van der Waals surface area contributed by atoms with E-state index in [0.717, 1.165) is 52.4 Å². The van der Waals surface area contributed by atoms with E-state index in [-0.39, 0.29) is 10.8 Å². The number of hydrogen-bond acceptors (Lipinski definition) is 3. The van der Waals surface area contributed by atoms with Crippen molar-refractivity contribution in [3.8, 4) is 22.8 Å². The number of nitrogens with zero attached hydrogens (tertiary/aromatic N) is 5. The maximum absolute atomic E-state index is 5.68. The molecule has 12 rings (SSSR count). The van der Waals surface area contributed by atoms with Gasteiger partial charge in [0.05, 0.1) is 22.1 Å². The molecule has 0 N–H and O–H groups in total. The van der Waals surface area contributed by atoms with E-state index >= 15 is 0 Å². The fraction of sp³-hybridized carbons (Fsp3) is 0.400. The summed E-state index contributed by atoms with van der Waals surface area (Å²) in [7, 11) is 0. The first kappa shape index (κ1) is 36.6. The van der Waals surface area contributed by atoms with E-state index in [9.17, 15) is 0 Å². The zero-order valence-electron chi connectivity index (χ0n) is 35.7. The lowest BCUT2D eigenvalue weighted by Gasteiger charge is -2.49. The highest BCUT2D eigenvalue weighted by molar-refractivity contribution is 6.26. The highest BCUT2D eigenvalue weighted by Crippen LogP contribution is 2.55. The molecule has 5 heteroatoms. The Morgan fingerprint density at radius 1 is 0.467 bits per heavy atom. The molecule has 3 aromatic heterocycles.